The summed E-state index contributed by atoms with van der Waals surface area (Å²) in [5.41, 5.74) is 2.77. The number of aromatic amines is 1. The lowest BCUT2D eigenvalue weighted by Gasteiger charge is -2.47. The number of carboxylic acids is 1. The Balaban J connectivity index is 1.48. The Labute approximate surface area is 198 Å². The van der Waals surface area contributed by atoms with E-state index in [1.54, 1.807) is 12.4 Å². The average molecular weight is 479 g/mol. The number of halogens is 1. The molecule has 2 bridgehead atoms. The number of H-pyrrole nitrogens is 1. The van der Waals surface area contributed by atoms with E-state index in [2.05, 4.69) is 30.2 Å². The number of aromatic nitrogens is 5. The third-order valence-corrected chi connectivity index (χ3v) is 8.03. The minimum absolute atomic E-state index is 0.0339. The number of rotatable bonds is 5. The Morgan fingerprint density at radius 2 is 2.00 bits per heavy atom. The first kappa shape index (κ1) is 21.2. The van der Waals surface area contributed by atoms with Gasteiger partial charge in [0.2, 0.25) is 0 Å². The number of aryl methyl sites for hydroxylation is 1. The maximum absolute atomic E-state index is 15.8. The van der Waals surface area contributed by atoms with E-state index in [0.29, 0.717) is 27.4 Å². The van der Waals surface area contributed by atoms with Crippen molar-refractivity contribution in [1.29, 1.82) is 0 Å². The summed E-state index contributed by atoms with van der Waals surface area (Å²) >= 11 is 1.39. The van der Waals surface area contributed by atoms with Crippen LogP contribution in [0.15, 0.2) is 29.9 Å². The summed E-state index contributed by atoms with van der Waals surface area (Å²) in [4.78, 5) is 34.0. The maximum Gasteiger partial charge on any atom is 0.308 e. The summed E-state index contributed by atoms with van der Waals surface area (Å²) < 4.78 is 15.8. The van der Waals surface area contributed by atoms with E-state index in [-0.39, 0.29) is 29.4 Å². The summed E-state index contributed by atoms with van der Waals surface area (Å²) in [6.45, 7) is 1.86. The quantitative estimate of drug-likeness (QED) is 0.374. The van der Waals surface area contributed by atoms with Gasteiger partial charge in [-0.2, -0.15) is 0 Å². The summed E-state index contributed by atoms with van der Waals surface area (Å²) in [6, 6.07) is 3.28. The number of carbonyl (C=O) groups is 1. The molecule has 0 spiro atoms. The third kappa shape index (κ3) is 3.44. The van der Waals surface area contributed by atoms with Crippen molar-refractivity contribution in [2.75, 3.05) is 5.32 Å². The fourth-order valence-corrected chi connectivity index (χ4v) is 6.27. The summed E-state index contributed by atoms with van der Waals surface area (Å²) in [7, 11) is 0. The number of hydrogen-bond acceptors (Lipinski definition) is 7. The van der Waals surface area contributed by atoms with Crippen molar-refractivity contribution < 1.29 is 14.3 Å². The second kappa shape index (κ2) is 8.12. The molecule has 7 rings (SSSR count). The predicted molar refractivity (Wildman–Crippen MR) is 127 cm³/mol. The Morgan fingerprint density at radius 3 is 2.74 bits per heavy atom. The van der Waals surface area contributed by atoms with Gasteiger partial charge in [-0.3, -0.25) is 9.78 Å². The monoisotopic (exact) mass is 478 g/mol. The highest BCUT2D eigenvalue weighted by molar-refractivity contribution is 7.13. The van der Waals surface area contributed by atoms with Crippen molar-refractivity contribution in [2.45, 2.75) is 38.6 Å². The summed E-state index contributed by atoms with van der Waals surface area (Å²) in [5.74, 6) is -1.33. The standard InChI is InChI=1S/C24H23FN6O2S/c1-11-9-26-19-14(10-27-23(19)28-11)21-30-20(15-3-2-8-34-15)17(25)22(31-21)29-18-13-6-4-12(5-7-13)16(18)24(32)33/h2-3,8-10,12-13,16,18H,4-7H2,1H3,(H,27,28)(H,32,33)(H,29,30,31). The van der Waals surface area contributed by atoms with Gasteiger partial charge in [0.15, 0.2) is 23.1 Å². The van der Waals surface area contributed by atoms with E-state index < -0.39 is 17.7 Å². The lowest BCUT2D eigenvalue weighted by Crippen LogP contribution is -2.51. The van der Waals surface area contributed by atoms with Crippen LogP contribution in [0.1, 0.15) is 31.4 Å². The first-order chi connectivity index (χ1) is 16.5. The highest BCUT2D eigenvalue weighted by Crippen LogP contribution is 2.46. The van der Waals surface area contributed by atoms with Crippen LogP contribution in [0.3, 0.4) is 0 Å². The molecule has 3 N–H and O–H groups in total. The molecule has 0 saturated heterocycles. The van der Waals surface area contributed by atoms with Gasteiger partial charge in [0.1, 0.15) is 11.2 Å². The molecule has 0 amide bonds. The number of hydrogen-bond donors (Lipinski definition) is 3. The fraction of sp³-hybridized carbons (Fsp3) is 0.375. The van der Waals surface area contributed by atoms with Crippen LogP contribution in [0.5, 0.6) is 0 Å². The van der Waals surface area contributed by atoms with Gasteiger partial charge in [-0.1, -0.05) is 6.07 Å². The van der Waals surface area contributed by atoms with Crippen molar-refractivity contribution in [1.82, 2.24) is 24.9 Å². The third-order valence-electron chi connectivity index (χ3n) is 7.16. The van der Waals surface area contributed by atoms with Crippen LogP contribution < -0.4 is 5.32 Å². The molecule has 174 valence electrons. The van der Waals surface area contributed by atoms with Gasteiger partial charge in [-0.25, -0.2) is 19.3 Å². The Hall–Kier alpha value is -3.40. The lowest BCUT2D eigenvalue weighted by molar-refractivity contribution is -0.148. The zero-order valence-electron chi connectivity index (χ0n) is 18.5. The van der Waals surface area contributed by atoms with Crippen LogP contribution in [-0.2, 0) is 4.79 Å². The average Bonchev–Trinajstić information content (AvgIpc) is 3.51. The summed E-state index contributed by atoms with van der Waals surface area (Å²) in [6.07, 6.45) is 7.10. The minimum atomic E-state index is -0.831. The van der Waals surface area contributed by atoms with Crippen LogP contribution >= 0.6 is 11.3 Å². The SMILES string of the molecule is Cc1cnc2c(-c3nc(NC4C5CCC(CC5)C4C(=O)O)c(F)c(-c4cccs4)n3)c[nH]c2n1. The molecule has 0 aliphatic heterocycles. The number of anilines is 1. The molecule has 2 atom stereocenters. The van der Waals surface area contributed by atoms with Crippen LogP contribution in [0, 0.1) is 30.5 Å². The van der Waals surface area contributed by atoms with Gasteiger partial charge in [0.25, 0.3) is 0 Å². The van der Waals surface area contributed by atoms with E-state index in [0.717, 1.165) is 31.4 Å². The smallest absolute Gasteiger partial charge is 0.308 e. The Morgan fingerprint density at radius 1 is 1.21 bits per heavy atom. The number of thiophene rings is 1. The number of aliphatic carboxylic acids is 1. The Kier molecular flexibility index (Phi) is 5.05. The Bertz CT molecular complexity index is 1380. The van der Waals surface area contributed by atoms with Gasteiger partial charge in [-0.15, -0.1) is 11.3 Å². The van der Waals surface area contributed by atoms with Gasteiger partial charge in [-0.05, 0) is 55.9 Å². The molecule has 8 nitrogen and oxygen atoms in total. The largest absolute Gasteiger partial charge is 0.481 e. The molecule has 4 heterocycles. The molecule has 3 fully saturated rings. The van der Waals surface area contributed by atoms with Gasteiger partial charge >= 0.3 is 5.97 Å². The highest BCUT2D eigenvalue weighted by Gasteiger charge is 2.47. The topological polar surface area (TPSA) is 117 Å². The molecule has 34 heavy (non-hydrogen) atoms. The highest BCUT2D eigenvalue weighted by atomic mass is 32.1. The molecular formula is C24H23FN6O2S. The molecule has 4 aromatic rings. The first-order valence-corrected chi connectivity index (χ1v) is 12.3. The molecule has 0 aromatic carbocycles. The van der Waals surface area contributed by atoms with Crippen LogP contribution in [0.25, 0.3) is 33.1 Å². The van der Waals surface area contributed by atoms with Crippen molar-refractivity contribution in [3.63, 3.8) is 0 Å². The second-order valence-electron chi connectivity index (χ2n) is 9.16. The molecule has 4 aromatic heterocycles. The van der Waals surface area contributed by atoms with Crippen molar-refractivity contribution in [3.05, 3.63) is 41.4 Å². The predicted octanol–water partition coefficient (Wildman–Crippen LogP) is 4.89. The first-order valence-electron chi connectivity index (χ1n) is 11.4. The van der Waals surface area contributed by atoms with E-state index in [4.69, 9.17) is 0 Å². The second-order valence-corrected chi connectivity index (χ2v) is 10.1. The van der Waals surface area contributed by atoms with Crippen molar-refractivity contribution >= 4 is 34.3 Å². The van der Waals surface area contributed by atoms with Gasteiger partial charge in [0.05, 0.1) is 22.1 Å². The van der Waals surface area contributed by atoms with E-state index in [1.807, 2.05) is 24.4 Å². The van der Waals surface area contributed by atoms with Gasteiger partial charge < -0.3 is 15.4 Å². The molecule has 3 aliphatic rings. The molecule has 0 radical (unpaired) electrons. The number of fused-ring (bicyclic) bond motifs is 4. The molecule has 3 saturated carbocycles. The van der Waals surface area contributed by atoms with E-state index >= 15 is 4.39 Å². The summed E-state index contributed by atoms with van der Waals surface area (Å²) in [5, 5.41) is 15.0. The zero-order valence-corrected chi connectivity index (χ0v) is 19.3. The van der Waals surface area contributed by atoms with Crippen LogP contribution in [0.2, 0.25) is 0 Å². The molecule has 10 heteroatoms. The molecular weight excluding hydrogens is 455 g/mol. The van der Waals surface area contributed by atoms with Gasteiger partial charge in [0, 0.05) is 18.4 Å². The van der Waals surface area contributed by atoms with Crippen LogP contribution in [0.4, 0.5) is 10.2 Å². The zero-order chi connectivity index (χ0) is 23.4. The lowest BCUT2D eigenvalue weighted by atomic mass is 9.61. The van der Waals surface area contributed by atoms with Crippen molar-refractivity contribution in [2.24, 2.45) is 17.8 Å². The number of carboxylic acid groups (broad SMARTS) is 1. The fourth-order valence-electron chi connectivity index (χ4n) is 5.56. The number of nitrogens with zero attached hydrogens (tertiary/aromatic N) is 4. The minimum Gasteiger partial charge on any atom is -0.481 e. The molecule has 2 unspecified atom stereocenters. The normalized spacial score (nSPS) is 23.9. The van der Waals surface area contributed by atoms with Crippen LogP contribution in [-0.4, -0.2) is 42.0 Å². The maximum atomic E-state index is 15.8. The number of nitrogens with one attached hydrogen (secondary N) is 2. The van der Waals surface area contributed by atoms with E-state index in [9.17, 15) is 9.90 Å². The van der Waals surface area contributed by atoms with Crippen molar-refractivity contribution in [3.8, 4) is 22.0 Å². The molecule has 3 aliphatic carbocycles. The van der Waals surface area contributed by atoms with E-state index in [1.165, 1.54) is 11.3 Å².